The van der Waals surface area contributed by atoms with Gasteiger partial charge in [-0.15, -0.1) is 0 Å². The number of hydrogen-bond acceptors (Lipinski definition) is 7. The van der Waals surface area contributed by atoms with Crippen LogP contribution >= 0.6 is 0 Å². The summed E-state index contributed by atoms with van der Waals surface area (Å²) in [6.45, 7) is 5.65. The third kappa shape index (κ3) is 9.61. The van der Waals surface area contributed by atoms with Crippen molar-refractivity contribution in [3.8, 4) is 0 Å². The number of esters is 2. The predicted octanol–water partition coefficient (Wildman–Crippen LogP) is 2.25. The molecule has 0 N–H and O–H groups in total. The first-order valence-electron chi connectivity index (χ1n) is 7.72. The Balaban J connectivity index is 3.79. The molecule has 0 rings (SSSR count). The molecule has 0 bridgehead atoms. The lowest BCUT2D eigenvalue weighted by Crippen LogP contribution is -2.42. The number of unbranched alkanes of at least 4 members (excludes halogenated alkanes) is 1. The Kier molecular flexibility index (Phi) is 12.1. The van der Waals surface area contributed by atoms with Crippen LogP contribution in [0, 0.1) is 0 Å². The van der Waals surface area contributed by atoms with Gasteiger partial charge in [-0.1, -0.05) is 12.7 Å². The van der Waals surface area contributed by atoms with Crippen molar-refractivity contribution < 1.29 is 32.3 Å². The highest BCUT2D eigenvalue weighted by Gasteiger charge is 2.36. The molecule has 138 valence electrons. The van der Waals surface area contributed by atoms with Crippen LogP contribution in [0.4, 0.5) is 0 Å². The maximum absolute atomic E-state index is 11.5. The van der Waals surface area contributed by atoms with Crippen LogP contribution in [0.2, 0.25) is 6.04 Å². The topological polar surface area (TPSA) is 80.3 Å². The van der Waals surface area contributed by atoms with E-state index < -0.39 is 20.7 Å². The summed E-state index contributed by atoms with van der Waals surface area (Å²) >= 11 is 0. The zero-order chi connectivity index (χ0) is 18.4. The Morgan fingerprint density at radius 3 is 2.12 bits per heavy atom. The van der Waals surface area contributed by atoms with Crippen molar-refractivity contribution in [1.29, 1.82) is 0 Å². The van der Waals surface area contributed by atoms with Crippen molar-refractivity contribution >= 4 is 20.7 Å². The zero-order valence-electron chi connectivity index (χ0n) is 15.0. The molecule has 0 aromatic carbocycles. The van der Waals surface area contributed by atoms with Crippen LogP contribution in [0.1, 0.15) is 26.2 Å². The van der Waals surface area contributed by atoms with E-state index in [1.54, 1.807) is 34.3 Å². The van der Waals surface area contributed by atoms with Crippen LogP contribution in [-0.2, 0) is 32.3 Å². The highest BCUT2D eigenvalue weighted by molar-refractivity contribution is 6.60. The first-order chi connectivity index (χ1) is 11.4. The number of allylic oxidation sites excluding steroid dienone is 1. The van der Waals surface area contributed by atoms with Crippen LogP contribution in [0.25, 0.3) is 0 Å². The minimum absolute atomic E-state index is 0.268. The monoisotopic (exact) mass is 360 g/mol. The van der Waals surface area contributed by atoms with Crippen molar-refractivity contribution in [1.82, 2.24) is 0 Å². The van der Waals surface area contributed by atoms with Gasteiger partial charge in [-0.05, 0) is 26.2 Å². The van der Waals surface area contributed by atoms with E-state index in [0.717, 1.165) is 0 Å². The van der Waals surface area contributed by atoms with Gasteiger partial charge in [-0.3, -0.25) is 0 Å². The van der Waals surface area contributed by atoms with E-state index in [9.17, 15) is 9.59 Å². The molecule has 0 aliphatic heterocycles. The lowest BCUT2D eigenvalue weighted by Gasteiger charge is -2.23. The highest BCUT2D eigenvalue weighted by Crippen LogP contribution is 2.14. The minimum Gasteiger partial charge on any atom is -0.463 e. The Morgan fingerprint density at radius 2 is 1.58 bits per heavy atom. The number of carbonyl (C=O) groups is 2. The number of rotatable bonds is 13. The van der Waals surface area contributed by atoms with Crippen molar-refractivity contribution in [2.24, 2.45) is 0 Å². The zero-order valence-corrected chi connectivity index (χ0v) is 16.0. The SMILES string of the molecule is C=C(C)C(=O)OCCCC=CC(=O)OCCC[Si](OC)(OC)OC. The molecule has 0 fully saturated rings. The van der Waals surface area contributed by atoms with Crippen LogP contribution in [-0.4, -0.2) is 55.3 Å². The second-order valence-corrected chi connectivity index (χ2v) is 8.12. The molecule has 0 spiro atoms. The van der Waals surface area contributed by atoms with Crippen LogP contribution in [0.5, 0.6) is 0 Å². The lowest BCUT2D eigenvalue weighted by molar-refractivity contribution is -0.139. The Labute approximate surface area is 144 Å². The smallest absolute Gasteiger partial charge is 0.463 e. The van der Waals surface area contributed by atoms with Gasteiger partial charge in [0.05, 0.1) is 13.2 Å². The summed E-state index contributed by atoms with van der Waals surface area (Å²) in [5, 5.41) is 0. The average Bonchev–Trinajstić information content (AvgIpc) is 2.58. The summed E-state index contributed by atoms with van der Waals surface area (Å²) in [6, 6.07) is 0.571. The highest BCUT2D eigenvalue weighted by atomic mass is 28.4. The summed E-state index contributed by atoms with van der Waals surface area (Å²) in [4.78, 5) is 22.6. The summed E-state index contributed by atoms with van der Waals surface area (Å²) in [5.41, 5.74) is 0.372. The predicted molar refractivity (Wildman–Crippen MR) is 91.3 cm³/mol. The van der Waals surface area contributed by atoms with Gasteiger partial charge in [0.2, 0.25) is 0 Å². The molecular weight excluding hydrogens is 332 g/mol. The third-order valence-corrected chi connectivity index (χ3v) is 5.99. The largest absolute Gasteiger partial charge is 0.500 e. The van der Waals surface area contributed by atoms with E-state index in [2.05, 4.69) is 6.58 Å². The molecule has 7 nitrogen and oxygen atoms in total. The van der Waals surface area contributed by atoms with E-state index in [4.69, 9.17) is 22.8 Å². The van der Waals surface area contributed by atoms with Gasteiger partial charge < -0.3 is 22.8 Å². The molecule has 0 aliphatic rings. The van der Waals surface area contributed by atoms with Gasteiger partial charge in [-0.2, -0.15) is 0 Å². The van der Waals surface area contributed by atoms with Gasteiger partial charge in [0.15, 0.2) is 0 Å². The molecule has 0 saturated heterocycles. The van der Waals surface area contributed by atoms with Gasteiger partial charge in [0.25, 0.3) is 0 Å². The fourth-order valence-electron chi connectivity index (χ4n) is 1.73. The van der Waals surface area contributed by atoms with Gasteiger partial charge in [-0.25, -0.2) is 9.59 Å². The summed E-state index contributed by atoms with van der Waals surface area (Å²) in [5.74, 6) is -0.811. The van der Waals surface area contributed by atoms with E-state index in [0.29, 0.717) is 37.5 Å². The van der Waals surface area contributed by atoms with Crippen molar-refractivity contribution in [2.75, 3.05) is 34.5 Å². The van der Waals surface area contributed by atoms with E-state index in [1.807, 2.05) is 0 Å². The third-order valence-electron chi connectivity index (χ3n) is 3.16. The van der Waals surface area contributed by atoms with Crippen molar-refractivity contribution in [3.63, 3.8) is 0 Å². The average molecular weight is 360 g/mol. The molecule has 0 atom stereocenters. The summed E-state index contributed by atoms with van der Waals surface area (Å²) in [7, 11) is 2.03. The van der Waals surface area contributed by atoms with Gasteiger partial charge in [0.1, 0.15) is 0 Å². The van der Waals surface area contributed by atoms with E-state index in [1.165, 1.54) is 6.08 Å². The van der Waals surface area contributed by atoms with Crippen LogP contribution in [0.3, 0.4) is 0 Å². The second kappa shape index (κ2) is 12.9. The number of hydrogen-bond donors (Lipinski definition) is 0. The van der Waals surface area contributed by atoms with E-state index in [-0.39, 0.29) is 6.61 Å². The standard InChI is InChI=1S/C16H28O7Si/c1-14(2)16(18)23-11-8-6-7-10-15(17)22-12-9-13-24(19-3,20-4)21-5/h7,10H,1,6,8-9,11-13H2,2-5H3. The molecule has 0 heterocycles. The molecule has 0 aromatic heterocycles. The normalized spacial score (nSPS) is 11.5. The van der Waals surface area contributed by atoms with Crippen molar-refractivity contribution in [3.05, 3.63) is 24.3 Å². The minimum atomic E-state index is -2.60. The molecule has 0 unspecified atom stereocenters. The first kappa shape index (κ1) is 22.5. The number of carbonyl (C=O) groups excluding carboxylic acids is 2. The first-order valence-corrected chi connectivity index (χ1v) is 9.65. The maximum Gasteiger partial charge on any atom is 0.500 e. The van der Waals surface area contributed by atoms with E-state index >= 15 is 0 Å². The Morgan fingerprint density at radius 1 is 1.00 bits per heavy atom. The van der Waals surface area contributed by atoms with Crippen molar-refractivity contribution in [2.45, 2.75) is 32.2 Å². The molecular formula is C16H28O7Si. The summed E-state index contributed by atoms with van der Waals surface area (Å²) in [6.07, 6.45) is 4.90. The molecule has 0 radical (unpaired) electrons. The molecule has 0 aromatic rings. The molecule has 24 heavy (non-hydrogen) atoms. The second-order valence-electron chi connectivity index (χ2n) is 5.03. The van der Waals surface area contributed by atoms with Crippen LogP contribution in [0.15, 0.2) is 24.3 Å². The molecule has 0 amide bonds. The lowest BCUT2D eigenvalue weighted by atomic mass is 10.3. The molecule has 8 heteroatoms. The fourth-order valence-corrected chi connectivity index (χ4v) is 3.42. The van der Waals surface area contributed by atoms with Crippen LogP contribution < -0.4 is 0 Å². The fraction of sp³-hybridized carbons (Fsp3) is 0.625. The quantitative estimate of drug-likeness (QED) is 0.216. The molecule has 0 aliphatic carbocycles. The Bertz CT molecular complexity index is 422. The van der Waals surface area contributed by atoms with Gasteiger partial charge >= 0.3 is 20.7 Å². The number of ether oxygens (including phenoxy) is 2. The maximum atomic E-state index is 11.5. The van der Waals surface area contributed by atoms with Gasteiger partial charge in [0, 0.05) is 39.0 Å². The summed E-state index contributed by atoms with van der Waals surface area (Å²) < 4.78 is 25.8. The Hall–Kier alpha value is -1.48. The molecule has 0 saturated carbocycles.